The lowest BCUT2D eigenvalue weighted by molar-refractivity contribution is -0.137. The van der Waals surface area contributed by atoms with Crippen molar-refractivity contribution in [3.8, 4) is 0 Å². The number of nitrogens with one attached hydrogen (secondary N) is 2. The topological polar surface area (TPSA) is 95.1 Å². The average Bonchev–Trinajstić information content (AvgIpc) is 3.07. The number of carboxylic acids is 1. The highest BCUT2D eigenvalue weighted by Gasteiger charge is 2.26. The highest BCUT2D eigenvalue weighted by atomic mass is 16.4. The molecule has 0 bridgehead atoms. The van der Waals surface area contributed by atoms with Crippen LogP contribution in [0.4, 0.5) is 5.82 Å². The molecule has 0 spiro atoms. The van der Waals surface area contributed by atoms with Gasteiger partial charge in [0.25, 0.3) is 5.56 Å². The summed E-state index contributed by atoms with van der Waals surface area (Å²) in [6.45, 7) is 0.507. The fourth-order valence-electron chi connectivity index (χ4n) is 1.57. The van der Waals surface area contributed by atoms with Crippen molar-refractivity contribution < 1.29 is 9.90 Å². The van der Waals surface area contributed by atoms with Gasteiger partial charge in [0.2, 0.25) is 0 Å². The summed E-state index contributed by atoms with van der Waals surface area (Å²) in [6.07, 6.45) is 2.78. The summed E-state index contributed by atoms with van der Waals surface area (Å²) in [7, 11) is 0. The molecule has 1 fully saturated rings. The van der Waals surface area contributed by atoms with E-state index in [1.807, 2.05) is 0 Å². The molecule has 6 heteroatoms. The third-order valence-electron chi connectivity index (χ3n) is 2.60. The molecule has 1 aliphatic rings. The van der Waals surface area contributed by atoms with Crippen molar-refractivity contribution in [2.24, 2.45) is 0 Å². The zero-order valence-corrected chi connectivity index (χ0v) is 9.40. The first-order valence-electron chi connectivity index (χ1n) is 5.72. The molecular formula is C11H15N3O3. The quantitative estimate of drug-likeness (QED) is 0.639. The van der Waals surface area contributed by atoms with Gasteiger partial charge in [0, 0.05) is 24.9 Å². The predicted molar refractivity (Wildman–Crippen MR) is 62.2 cm³/mol. The van der Waals surface area contributed by atoms with E-state index in [0.29, 0.717) is 24.7 Å². The first-order valence-corrected chi connectivity index (χ1v) is 5.72. The number of carbonyl (C=O) groups is 1. The first kappa shape index (κ1) is 11.6. The van der Waals surface area contributed by atoms with Crippen LogP contribution in [0.25, 0.3) is 0 Å². The fraction of sp³-hybridized carbons (Fsp3) is 0.545. The van der Waals surface area contributed by atoms with Crippen molar-refractivity contribution in [3.63, 3.8) is 0 Å². The van der Waals surface area contributed by atoms with Gasteiger partial charge in [-0.3, -0.25) is 9.59 Å². The maximum atomic E-state index is 11.4. The van der Waals surface area contributed by atoms with Gasteiger partial charge in [0.1, 0.15) is 11.6 Å². The van der Waals surface area contributed by atoms with Crippen LogP contribution in [0.15, 0.2) is 10.9 Å². The number of anilines is 1. The molecular weight excluding hydrogens is 222 g/mol. The van der Waals surface area contributed by atoms with Crippen molar-refractivity contribution in [3.05, 3.63) is 22.2 Å². The minimum Gasteiger partial charge on any atom is -0.481 e. The summed E-state index contributed by atoms with van der Waals surface area (Å²) >= 11 is 0. The zero-order valence-electron chi connectivity index (χ0n) is 9.40. The summed E-state index contributed by atoms with van der Waals surface area (Å²) in [4.78, 5) is 28.7. The van der Waals surface area contributed by atoms with Gasteiger partial charge in [-0.05, 0) is 19.3 Å². The Labute approximate surface area is 98.1 Å². The van der Waals surface area contributed by atoms with E-state index in [4.69, 9.17) is 5.11 Å². The Kier molecular flexibility index (Phi) is 3.41. The van der Waals surface area contributed by atoms with Crippen molar-refractivity contribution in [1.82, 2.24) is 9.97 Å². The van der Waals surface area contributed by atoms with Crippen LogP contribution in [0.3, 0.4) is 0 Å². The second kappa shape index (κ2) is 4.99. The molecule has 0 aromatic carbocycles. The van der Waals surface area contributed by atoms with E-state index < -0.39 is 5.97 Å². The average molecular weight is 237 g/mol. The highest BCUT2D eigenvalue weighted by Crippen LogP contribution is 2.37. The standard InChI is InChI=1S/C11H15N3O3/c15-9-6-8(12-5-1-2-10(16)17)13-11(14-9)7-3-4-7/h6-7H,1-5H2,(H,16,17)(H2,12,13,14,15). The van der Waals surface area contributed by atoms with Crippen molar-refractivity contribution in [2.45, 2.75) is 31.6 Å². The van der Waals surface area contributed by atoms with E-state index in [2.05, 4.69) is 15.3 Å². The molecule has 1 saturated carbocycles. The number of aromatic nitrogens is 2. The predicted octanol–water partition coefficient (Wildman–Crippen LogP) is 0.924. The Morgan fingerprint density at radius 1 is 1.59 bits per heavy atom. The minimum atomic E-state index is -0.815. The Morgan fingerprint density at radius 3 is 3.00 bits per heavy atom. The lowest BCUT2D eigenvalue weighted by Crippen LogP contribution is -2.14. The summed E-state index contributed by atoms with van der Waals surface area (Å²) in [5, 5.41) is 11.5. The number of carboxylic acid groups (broad SMARTS) is 1. The number of aromatic amines is 1. The van der Waals surface area contributed by atoms with E-state index in [1.165, 1.54) is 6.07 Å². The summed E-state index contributed by atoms with van der Waals surface area (Å²) in [6, 6.07) is 1.40. The van der Waals surface area contributed by atoms with Gasteiger partial charge >= 0.3 is 5.97 Å². The van der Waals surface area contributed by atoms with Crippen LogP contribution in [0.5, 0.6) is 0 Å². The third kappa shape index (κ3) is 3.58. The SMILES string of the molecule is O=C(O)CCCNc1cc(=O)[nH]c(C2CC2)n1. The molecule has 0 aliphatic heterocycles. The first-order chi connectivity index (χ1) is 8.15. The van der Waals surface area contributed by atoms with Crippen LogP contribution < -0.4 is 10.9 Å². The molecule has 1 aromatic rings. The molecule has 92 valence electrons. The van der Waals surface area contributed by atoms with Gasteiger partial charge in [-0.1, -0.05) is 0 Å². The van der Waals surface area contributed by atoms with E-state index in [0.717, 1.165) is 18.7 Å². The van der Waals surface area contributed by atoms with Gasteiger partial charge < -0.3 is 15.4 Å². The smallest absolute Gasteiger partial charge is 0.303 e. The molecule has 0 saturated heterocycles. The third-order valence-corrected chi connectivity index (χ3v) is 2.60. The molecule has 6 nitrogen and oxygen atoms in total. The monoisotopic (exact) mass is 237 g/mol. The fourth-order valence-corrected chi connectivity index (χ4v) is 1.57. The highest BCUT2D eigenvalue weighted by molar-refractivity contribution is 5.66. The number of rotatable bonds is 6. The lowest BCUT2D eigenvalue weighted by atomic mass is 10.3. The maximum Gasteiger partial charge on any atom is 0.303 e. The number of nitrogens with zero attached hydrogens (tertiary/aromatic N) is 1. The van der Waals surface area contributed by atoms with Crippen LogP contribution in [0.2, 0.25) is 0 Å². The molecule has 3 N–H and O–H groups in total. The summed E-state index contributed by atoms with van der Waals surface area (Å²) in [5.74, 6) is 0.840. The molecule has 0 radical (unpaired) electrons. The van der Waals surface area contributed by atoms with Gasteiger partial charge in [-0.2, -0.15) is 0 Å². The van der Waals surface area contributed by atoms with Gasteiger partial charge in [-0.25, -0.2) is 4.98 Å². The van der Waals surface area contributed by atoms with E-state index >= 15 is 0 Å². The molecule has 0 atom stereocenters. The Bertz CT molecular complexity index is 465. The molecule has 0 amide bonds. The second-order valence-electron chi connectivity index (χ2n) is 4.21. The molecule has 0 unspecified atom stereocenters. The Hall–Kier alpha value is -1.85. The van der Waals surface area contributed by atoms with E-state index in [-0.39, 0.29) is 12.0 Å². The molecule has 1 heterocycles. The van der Waals surface area contributed by atoms with Gasteiger partial charge in [0.05, 0.1) is 0 Å². The second-order valence-corrected chi connectivity index (χ2v) is 4.21. The Morgan fingerprint density at radius 2 is 2.35 bits per heavy atom. The van der Waals surface area contributed by atoms with Crippen LogP contribution in [-0.4, -0.2) is 27.6 Å². The van der Waals surface area contributed by atoms with Crippen molar-refractivity contribution in [2.75, 3.05) is 11.9 Å². The number of hydrogen-bond acceptors (Lipinski definition) is 4. The molecule has 1 aromatic heterocycles. The lowest BCUT2D eigenvalue weighted by Gasteiger charge is -2.05. The van der Waals surface area contributed by atoms with E-state index in [1.54, 1.807) is 0 Å². The minimum absolute atomic E-state index is 0.117. The van der Waals surface area contributed by atoms with Crippen LogP contribution in [-0.2, 0) is 4.79 Å². The van der Waals surface area contributed by atoms with Crippen LogP contribution >= 0.6 is 0 Å². The molecule has 2 rings (SSSR count). The zero-order chi connectivity index (χ0) is 12.3. The molecule has 17 heavy (non-hydrogen) atoms. The maximum absolute atomic E-state index is 11.4. The number of hydrogen-bond donors (Lipinski definition) is 3. The largest absolute Gasteiger partial charge is 0.481 e. The van der Waals surface area contributed by atoms with E-state index in [9.17, 15) is 9.59 Å². The van der Waals surface area contributed by atoms with Crippen molar-refractivity contribution >= 4 is 11.8 Å². The molecule has 1 aliphatic carbocycles. The number of aliphatic carboxylic acids is 1. The summed E-state index contributed by atoms with van der Waals surface area (Å²) in [5.41, 5.74) is -0.164. The van der Waals surface area contributed by atoms with Gasteiger partial charge in [-0.15, -0.1) is 0 Å². The van der Waals surface area contributed by atoms with Gasteiger partial charge in [0.15, 0.2) is 0 Å². The number of H-pyrrole nitrogens is 1. The normalized spacial score (nSPS) is 14.6. The van der Waals surface area contributed by atoms with Crippen LogP contribution in [0.1, 0.15) is 37.4 Å². The summed E-state index contributed by atoms with van der Waals surface area (Å²) < 4.78 is 0. The van der Waals surface area contributed by atoms with Crippen LogP contribution in [0, 0.1) is 0 Å². The van der Waals surface area contributed by atoms with Crippen molar-refractivity contribution in [1.29, 1.82) is 0 Å². The Balaban J connectivity index is 1.91.